The highest BCUT2D eigenvalue weighted by atomic mass is 32.2. The number of carbonyl (C=O) groups is 1. The number of anilines is 1. The van der Waals surface area contributed by atoms with Gasteiger partial charge in [0.25, 0.3) is 5.91 Å². The molecule has 13 heteroatoms. The van der Waals surface area contributed by atoms with E-state index < -0.39 is 24.1 Å². The number of hydrogen-bond donors (Lipinski definition) is 3. The molecule has 1 unspecified atom stereocenters. The van der Waals surface area contributed by atoms with Gasteiger partial charge in [0.15, 0.2) is 5.82 Å². The largest absolute Gasteiger partial charge is 0.476 e. The van der Waals surface area contributed by atoms with Crippen molar-refractivity contribution in [3.8, 4) is 11.7 Å². The number of carbonyl (C=O) groups excluding carboxylic acids is 1. The molecule has 1 aliphatic heterocycles. The maximum Gasteiger partial charge on any atom is 0.397 e. The van der Waals surface area contributed by atoms with E-state index in [0.717, 1.165) is 38.4 Å². The monoisotopic (exact) mass is 553 g/mol. The van der Waals surface area contributed by atoms with Crippen LogP contribution in [-0.2, 0) is 0 Å². The van der Waals surface area contributed by atoms with E-state index in [-0.39, 0.29) is 11.4 Å². The highest BCUT2D eigenvalue weighted by Gasteiger charge is 2.48. The molecule has 0 radical (unpaired) electrons. The van der Waals surface area contributed by atoms with Crippen molar-refractivity contribution in [2.45, 2.75) is 59.7 Å². The van der Waals surface area contributed by atoms with Gasteiger partial charge in [0, 0.05) is 36.3 Å². The average molecular weight is 554 g/mol. The third-order valence-corrected chi connectivity index (χ3v) is 7.30. The zero-order valence-corrected chi connectivity index (χ0v) is 23.1. The van der Waals surface area contributed by atoms with Gasteiger partial charge in [0.2, 0.25) is 5.88 Å². The zero-order chi connectivity index (χ0) is 28.5. The third kappa shape index (κ3) is 6.43. The van der Waals surface area contributed by atoms with Crippen molar-refractivity contribution in [2.75, 3.05) is 18.1 Å². The minimum Gasteiger partial charge on any atom is -0.476 e. The Morgan fingerprint density at radius 3 is 2.58 bits per heavy atom. The normalized spacial score (nSPS) is 18.2. The Morgan fingerprint density at radius 1 is 1.34 bits per heavy atom. The van der Waals surface area contributed by atoms with Gasteiger partial charge in [-0.2, -0.15) is 13.2 Å². The highest BCUT2D eigenvalue weighted by Crippen LogP contribution is 2.39. The molecule has 208 valence electrons. The Kier molecular flexibility index (Phi) is 8.39. The summed E-state index contributed by atoms with van der Waals surface area (Å²) < 4.78 is 49.0. The Hall–Kier alpha value is -3.22. The van der Waals surface area contributed by atoms with E-state index in [2.05, 4.69) is 35.5 Å². The van der Waals surface area contributed by atoms with Crippen molar-refractivity contribution in [1.29, 1.82) is 5.41 Å². The lowest BCUT2D eigenvalue weighted by molar-refractivity contribution is -0.219. The van der Waals surface area contributed by atoms with Crippen LogP contribution in [0.25, 0.3) is 5.82 Å². The smallest absolute Gasteiger partial charge is 0.397 e. The van der Waals surface area contributed by atoms with Gasteiger partial charge in [0.05, 0.1) is 15.9 Å². The van der Waals surface area contributed by atoms with Crippen LogP contribution in [0, 0.1) is 16.7 Å². The molecule has 1 aliphatic rings. The van der Waals surface area contributed by atoms with Crippen LogP contribution in [0.15, 0.2) is 35.0 Å². The number of pyridine rings is 1. The van der Waals surface area contributed by atoms with Crippen molar-refractivity contribution in [3.63, 3.8) is 0 Å². The summed E-state index contributed by atoms with van der Waals surface area (Å²) >= 11 is 0.949. The van der Waals surface area contributed by atoms with Crippen LogP contribution >= 0.6 is 11.9 Å². The first-order chi connectivity index (χ1) is 17.6. The standard InChI is InChI=1S/C25H34F3N7O2S/c1-15-11-24(5,6)34(13-15)21-17(22(36)33-38-18(12-29)16(2)30)7-8-19(31-21)35-10-9-20(32-35)37-14-23(3,4)25(26,27)28/h7-10,12,15,29H,11,13-14,30H2,1-6H3,(H,33,36). The van der Waals surface area contributed by atoms with Gasteiger partial charge in [-0.15, -0.1) is 5.10 Å². The van der Waals surface area contributed by atoms with Crippen LogP contribution in [0.3, 0.4) is 0 Å². The van der Waals surface area contributed by atoms with Crippen LogP contribution in [0.5, 0.6) is 5.88 Å². The lowest BCUT2D eigenvalue weighted by Crippen LogP contribution is -2.40. The number of allylic oxidation sites excluding steroid dienone is 2. The second-order valence-electron chi connectivity index (χ2n) is 10.8. The second kappa shape index (κ2) is 10.9. The summed E-state index contributed by atoms with van der Waals surface area (Å²) in [4.78, 5) is 20.5. The first kappa shape index (κ1) is 29.3. The SMILES string of the molecule is CC(N)=C(C=N)SNC(=O)c1ccc(-n2ccc(OCC(C)(C)C(F)(F)F)n2)nc1N1CC(C)CC1(C)C. The fourth-order valence-electron chi connectivity index (χ4n) is 4.14. The minimum atomic E-state index is -4.42. The van der Waals surface area contributed by atoms with Crippen LogP contribution in [0.4, 0.5) is 19.0 Å². The number of hydrogen-bond acceptors (Lipinski definition) is 8. The molecule has 0 aromatic carbocycles. The first-order valence-electron chi connectivity index (χ1n) is 12.0. The van der Waals surface area contributed by atoms with E-state index in [9.17, 15) is 18.0 Å². The number of rotatable bonds is 9. The molecule has 0 bridgehead atoms. The number of nitrogens with zero attached hydrogens (tertiary/aromatic N) is 4. The van der Waals surface area contributed by atoms with E-state index in [1.165, 1.54) is 10.7 Å². The Labute approximate surface area is 224 Å². The molecule has 1 fully saturated rings. The summed E-state index contributed by atoms with van der Waals surface area (Å²) in [5.74, 6) is 0.828. The quantitative estimate of drug-likeness (QED) is 0.292. The highest BCUT2D eigenvalue weighted by molar-refractivity contribution is 8.02. The average Bonchev–Trinajstić information content (AvgIpc) is 3.39. The number of aromatic nitrogens is 3. The molecule has 1 saturated heterocycles. The first-order valence-corrected chi connectivity index (χ1v) is 12.9. The van der Waals surface area contributed by atoms with E-state index in [0.29, 0.717) is 40.3 Å². The number of alkyl halides is 3. The van der Waals surface area contributed by atoms with Gasteiger partial charge in [0.1, 0.15) is 12.4 Å². The maximum atomic E-state index is 13.2. The molecule has 3 rings (SSSR count). The van der Waals surface area contributed by atoms with Gasteiger partial charge >= 0.3 is 6.18 Å². The maximum absolute atomic E-state index is 13.2. The Bertz CT molecular complexity index is 1220. The van der Waals surface area contributed by atoms with E-state index in [4.69, 9.17) is 20.9 Å². The number of nitrogens with one attached hydrogen (secondary N) is 2. The summed E-state index contributed by atoms with van der Waals surface area (Å²) in [5.41, 5.74) is 4.19. The lowest BCUT2D eigenvalue weighted by atomic mass is 9.94. The minimum absolute atomic E-state index is 0.0298. The third-order valence-electron chi connectivity index (χ3n) is 6.35. The molecule has 2 aromatic rings. The molecule has 38 heavy (non-hydrogen) atoms. The second-order valence-corrected chi connectivity index (χ2v) is 11.6. The fourth-order valence-corrected chi connectivity index (χ4v) is 4.67. The van der Waals surface area contributed by atoms with Gasteiger partial charge in [-0.3, -0.25) is 9.52 Å². The molecule has 3 heterocycles. The van der Waals surface area contributed by atoms with Gasteiger partial charge in [-0.1, -0.05) is 6.92 Å². The van der Waals surface area contributed by atoms with Crippen molar-refractivity contribution >= 4 is 29.9 Å². The summed E-state index contributed by atoms with van der Waals surface area (Å²) in [5, 5.41) is 11.7. The van der Waals surface area contributed by atoms with Crippen molar-refractivity contribution in [3.05, 3.63) is 40.6 Å². The van der Waals surface area contributed by atoms with E-state index in [1.54, 1.807) is 25.3 Å². The van der Waals surface area contributed by atoms with Gasteiger partial charge in [-0.05, 0) is 71.0 Å². The molecule has 2 aromatic heterocycles. The predicted molar refractivity (Wildman–Crippen MR) is 143 cm³/mol. The number of amides is 1. The molecule has 0 saturated carbocycles. The lowest BCUT2D eigenvalue weighted by Gasteiger charge is -2.34. The summed E-state index contributed by atoms with van der Waals surface area (Å²) in [6.07, 6.45) is -0.906. The zero-order valence-electron chi connectivity index (χ0n) is 22.3. The van der Waals surface area contributed by atoms with Gasteiger partial charge in [-0.25, -0.2) is 9.67 Å². The summed E-state index contributed by atoms with van der Waals surface area (Å²) in [7, 11) is 0. The topological polar surface area (TPSA) is 122 Å². The Morgan fingerprint density at radius 2 is 2.03 bits per heavy atom. The number of ether oxygens (including phenoxy) is 1. The summed E-state index contributed by atoms with van der Waals surface area (Å²) in [6, 6.07) is 4.70. The molecule has 0 spiro atoms. The van der Waals surface area contributed by atoms with Crippen LogP contribution < -0.4 is 20.1 Å². The van der Waals surface area contributed by atoms with Crippen LogP contribution in [-0.4, -0.2) is 51.8 Å². The molecule has 1 atom stereocenters. The van der Waals surface area contributed by atoms with Crippen molar-refractivity contribution in [2.24, 2.45) is 17.1 Å². The summed E-state index contributed by atoms with van der Waals surface area (Å²) in [6.45, 7) is 10.2. The molecular formula is C25H34F3N7O2S. The van der Waals surface area contributed by atoms with E-state index >= 15 is 0 Å². The van der Waals surface area contributed by atoms with Crippen LogP contribution in [0.1, 0.15) is 58.3 Å². The molecule has 4 N–H and O–H groups in total. The van der Waals surface area contributed by atoms with E-state index in [1.807, 2.05) is 0 Å². The predicted octanol–water partition coefficient (Wildman–Crippen LogP) is 5.08. The molecule has 9 nitrogen and oxygen atoms in total. The molecular weight excluding hydrogens is 519 g/mol. The Balaban J connectivity index is 1.93. The molecule has 0 aliphatic carbocycles. The number of nitrogens with two attached hydrogens (primary N) is 1. The fraction of sp³-hybridized carbons (Fsp3) is 0.520. The van der Waals surface area contributed by atoms with Gasteiger partial charge < -0.3 is 20.8 Å². The molecule has 1 amide bonds. The van der Waals surface area contributed by atoms with Crippen molar-refractivity contribution < 1.29 is 22.7 Å². The number of halogens is 3. The van der Waals surface area contributed by atoms with Crippen LogP contribution in [0.2, 0.25) is 0 Å². The van der Waals surface area contributed by atoms with Crippen molar-refractivity contribution in [1.82, 2.24) is 19.5 Å².